The van der Waals surface area contributed by atoms with Crippen LogP contribution in [0.3, 0.4) is 0 Å². The molecule has 0 aromatic heterocycles. The molecule has 0 heterocycles. The zero-order chi connectivity index (χ0) is 13.8. The van der Waals surface area contributed by atoms with Gasteiger partial charge in [-0.05, 0) is 18.2 Å². The van der Waals surface area contributed by atoms with E-state index in [2.05, 4.69) is 5.48 Å². The lowest BCUT2D eigenvalue weighted by molar-refractivity contribution is -0.384. The highest BCUT2D eigenvalue weighted by atomic mass is 35.5. The highest BCUT2D eigenvalue weighted by Crippen LogP contribution is 2.32. The molecule has 0 amide bonds. The van der Waals surface area contributed by atoms with E-state index in [0.29, 0.717) is 5.02 Å². The molecule has 0 spiro atoms. The summed E-state index contributed by atoms with van der Waals surface area (Å²) in [6.07, 6.45) is 0. The van der Waals surface area contributed by atoms with E-state index in [1.54, 1.807) is 30.3 Å². The van der Waals surface area contributed by atoms with E-state index in [1.165, 1.54) is 12.1 Å². The number of nitro groups is 1. The van der Waals surface area contributed by atoms with Gasteiger partial charge in [-0.1, -0.05) is 41.4 Å². The molecule has 19 heavy (non-hydrogen) atoms. The SMILES string of the molecule is O=[N+]([O-])c1ccccc1NOc1cccc(Cl)c1Cl. The summed E-state index contributed by atoms with van der Waals surface area (Å²) in [7, 11) is 0. The molecular formula is C12H8Cl2N2O3. The summed E-state index contributed by atoms with van der Waals surface area (Å²) in [4.78, 5) is 15.5. The van der Waals surface area contributed by atoms with Gasteiger partial charge in [-0.3, -0.25) is 10.1 Å². The van der Waals surface area contributed by atoms with E-state index in [4.69, 9.17) is 28.0 Å². The summed E-state index contributed by atoms with van der Waals surface area (Å²) >= 11 is 11.8. The van der Waals surface area contributed by atoms with E-state index >= 15 is 0 Å². The summed E-state index contributed by atoms with van der Waals surface area (Å²) in [5, 5.41) is 11.4. The smallest absolute Gasteiger partial charge is 0.295 e. The zero-order valence-corrected chi connectivity index (χ0v) is 11.0. The van der Waals surface area contributed by atoms with Crippen LogP contribution in [0.2, 0.25) is 10.0 Å². The summed E-state index contributed by atoms with van der Waals surface area (Å²) in [5.74, 6) is 0.285. The van der Waals surface area contributed by atoms with Crippen molar-refractivity contribution in [2.45, 2.75) is 0 Å². The van der Waals surface area contributed by atoms with E-state index in [9.17, 15) is 10.1 Å². The number of nitrogens with zero attached hydrogens (tertiary/aromatic N) is 1. The Hall–Kier alpha value is -1.98. The van der Waals surface area contributed by atoms with Gasteiger partial charge in [0, 0.05) is 6.07 Å². The molecule has 0 bridgehead atoms. The number of anilines is 1. The molecule has 1 N–H and O–H groups in total. The van der Waals surface area contributed by atoms with Gasteiger partial charge in [0.15, 0.2) is 5.75 Å². The van der Waals surface area contributed by atoms with Crippen molar-refractivity contribution >= 4 is 34.6 Å². The first-order valence-electron chi connectivity index (χ1n) is 5.20. The van der Waals surface area contributed by atoms with Gasteiger partial charge in [-0.25, -0.2) is 5.48 Å². The molecule has 0 saturated heterocycles. The van der Waals surface area contributed by atoms with Gasteiger partial charge < -0.3 is 4.84 Å². The highest BCUT2D eigenvalue weighted by Gasteiger charge is 2.13. The fourth-order valence-electron chi connectivity index (χ4n) is 1.39. The summed E-state index contributed by atoms with van der Waals surface area (Å²) < 4.78 is 0. The Balaban J connectivity index is 2.19. The largest absolute Gasteiger partial charge is 0.380 e. The van der Waals surface area contributed by atoms with Crippen LogP contribution in [0.15, 0.2) is 42.5 Å². The van der Waals surface area contributed by atoms with Crippen LogP contribution in [-0.4, -0.2) is 4.92 Å². The molecule has 2 aromatic rings. The second kappa shape index (κ2) is 5.77. The minimum absolute atomic E-state index is 0.0966. The number of para-hydroxylation sites is 2. The highest BCUT2D eigenvalue weighted by molar-refractivity contribution is 6.42. The minimum Gasteiger partial charge on any atom is -0.380 e. The molecule has 0 unspecified atom stereocenters. The van der Waals surface area contributed by atoms with Crippen LogP contribution in [0, 0.1) is 10.1 Å². The zero-order valence-electron chi connectivity index (χ0n) is 9.47. The molecule has 0 fully saturated rings. The number of nitro benzene ring substituents is 1. The topological polar surface area (TPSA) is 64.4 Å². The molecule has 0 aliphatic carbocycles. The van der Waals surface area contributed by atoms with E-state index in [0.717, 1.165) is 0 Å². The lowest BCUT2D eigenvalue weighted by atomic mass is 10.3. The van der Waals surface area contributed by atoms with Gasteiger partial charge >= 0.3 is 0 Å². The van der Waals surface area contributed by atoms with Crippen LogP contribution in [0.5, 0.6) is 5.75 Å². The van der Waals surface area contributed by atoms with Gasteiger partial charge in [0.05, 0.1) is 9.95 Å². The van der Waals surface area contributed by atoms with Crippen molar-refractivity contribution < 1.29 is 9.76 Å². The third-order valence-electron chi connectivity index (χ3n) is 2.29. The van der Waals surface area contributed by atoms with Gasteiger partial charge in [0.25, 0.3) is 5.69 Å². The molecule has 2 rings (SSSR count). The Morgan fingerprint density at radius 2 is 1.84 bits per heavy atom. The number of rotatable bonds is 4. The average Bonchev–Trinajstić information content (AvgIpc) is 2.40. The maximum Gasteiger partial charge on any atom is 0.295 e. The summed E-state index contributed by atoms with van der Waals surface area (Å²) in [5.41, 5.74) is 2.62. The molecule has 0 aliphatic rings. The summed E-state index contributed by atoms with van der Waals surface area (Å²) in [6, 6.07) is 11.0. The fraction of sp³-hybridized carbons (Fsp3) is 0. The number of hydrogen-bond acceptors (Lipinski definition) is 4. The number of halogens is 2. The van der Waals surface area contributed by atoms with Crippen LogP contribution in [0.4, 0.5) is 11.4 Å². The van der Waals surface area contributed by atoms with Gasteiger partial charge in [-0.2, -0.15) is 0 Å². The standard InChI is InChI=1S/C12H8Cl2N2O3/c13-8-4-3-7-11(12(8)14)19-15-9-5-1-2-6-10(9)16(17)18/h1-7,15H. The molecule has 0 radical (unpaired) electrons. The van der Waals surface area contributed by atoms with Crippen LogP contribution < -0.4 is 10.3 Å². The monoisotopic (exact) mass is 298 g/mol. The summed E-state index contributed by atoms with van der Waals surface area (Å²) in [6.45, 7) is 0. The predicted octanol–water partition coefficient (Wildman–Crippen LogP) is 4.31. The first-order chi connectivity index (χ1) is 9.09. The van der Waals surface area contributed by atoms with Crippen molar-refractivity contribution in [1.82, 2.24) is 0 Å². The van der Waals surface area contributed by atoms with Crippen LogP contribution in [0.25, 0.3) is 0 Å². The van der Waals surface area contributed by atoms with Crippen molar-refractivity contribution in [3.05, 3.63) is 62.6 Å². The van der Waals surface area contributed by atoms with Gasteiger partial charge in [0.2, 0.25) is 0 Å². The van der Waals surface area contributed by atoms with E-state index < -0.39 is 4.92 Å². The lowest BCUT2D eigenvalue weighted by Gasteiger charge is -2.10. The molecule has 0 atom stereocenters. The van der Waals surface area contributed by atoms with Crippen molar-refractivity contribution in [2.75, 3.05) is 5.48 Å². The first kappa shape index (κ1) is 13.5. The molecule has 98 valence electrons. The maximum atomic E-state index is 10.8. The van der Waals surface area contributed by atoms with Gasteiger partial charge in [0.1, 0.15) is 10.7 Å². The Labute approximate surface area is 118 Å². The van der Waals surface area contributed by atoms with E-state index in [-0.39, 0.29) is 22.1 Å². The van der Waals surface area contributed by atoms with Crippen molar-refractivity contribution in [3.63, 3.8) is 0 Å². The predicted molar refractivity (Wildman–Crippen MR) is 73.8 cm³/mol. The third kappa shape index (κ3) is 3.07. The van der Waals surface area contributed by atoms with Crippen LogP contribution in [-0.2, 0) is 0 Å². The fourth-order valence-corrected chi connectivity index (χ4v) is 1.72. The van der Waals surface area contributed by atoms with Crippen LogP contribution in [0.1, 0.15) is 0 Å². The Bertz CT molecular complexity index is 620. The molecular weight excluding hydrogens is 291 g/mol. The molecule has 2 aromatic carbocycles. The normalized spacial score (nSPS) is 10.0. The lowest BCUT2D eigenvalue weighted by Crippen LogP contribution is -2.07. The van der Waals surface area contributed by atoms with Crippen LogP contribution >= 0.6 is 23.2 Å². The minimum atomic E-state index is -0.509. The number of hydrogen-bond donors (Lipinski definition) is 1. The first-order valence-corrected chi connectivity index (χ1v) is 5.95. The second-order valence-electron chi connectivity index (χ2n) is 3.53. The number of benzene rings is 2. The quantitative estimate of drug-likeness (QED) is 0.675. The third-order valence-corrected chi connectivity index (χ3v) is 3.09. The molecule has 0 saturated carbocycles. The molecule has 0 aliphatic heterocycles. The Kier molecular flexibility index (Phi) is 4.09. The van der Waals surface area contributed by atoms with Crippen molar-refractivity contribution in [2.24, 2.45) is 0 Å². The second-order valence-corrected chi connectivity index (χ2v) is 4.32. The maximum absolute atomic E-state index is 10.8. The average molecular weight is 299 g/mol. The Morgan fingerprint density at radius 1 is 1.11 bits per heavy atom. The van der Waals surface area contributed by atoms with Crippen molar-refractivity contribution in [1.29, 1.82) is 0 Å². The molecule has 5 nitrogen and oxygen atoms in total. The number of nitrogens with one attached hydrogen (secondary N) is 1. The van der Waals surface area contributed by atoms with E-state index in [1.807, 2.05) is 0 Å². The Morgan fingerprint density at radius 3 is 2.58 bits per heavy atom. The van der Waals surface area contributed by atoms with Gasteiger partial charge in [-0.15, -0.1) is 0 Å². The van der Waals surface area contributed by atoms with Crippen molar-refractivity contribution in [3.8, 4) is 5.75 Å². The molecule has 7 heteroatoms.